The molecule has 0 amide bonds. The molecule has 1 heterocycles. The van der Waals surface area contributed by atoms with Gasteiger partial charge >= 0.3 is 0 Å². The Labute approximate surface area is 373 Å². The Morgan fingerprint density at radius 1 is 0.266 bits per heavy atom. The third-order valence-corrected chi connectivity index (χ3v) is 12.8. The third kappa shape index (κ3) is 6.52. The third-order valence-electron chi connectivity index (χ3n) is 12.8. The summed E-state index contributed by atoms with van der Waals surface area (Å²) < 4.78 is 2.44. The molecule has 64 heavy (non-hydrogen) atoms. The minimum atomic E-state index is 1.09. The molecule has 0 aliphatic carbocycles. The zero-order valence-electron chi connectivity index (χ0n) is 35.1. The molecule has 0 radical (unpaired) electrons. The molecule has 0 saturated carbocycles. The van der Waals surface area contributed by atoms with E-state index >= 15 is 0 Å². The predicted molar refractivity (Wildman–Crippen MR) is 272 cm³/mol. The maximum atomic E-state index is 2.44. The summed E-state index contributed by atoms with van der Waals surface area (Å²) in [4.78, 5) is 2.36. The first-order valence-electron chi connectivity index (χ1n) is 22.0. The van der Waals surface area contributed by atoms with Gasteiger partial charge in [0.15, 0.2) is 0 Å². The predicted octanol–water partition coefficient (Wildman–Crippen LogP) is 17.2. The van der Waals surface area contributed by atoms with Crippen LogP contribution >= 0.6 is 0 Å². The highest BCUT2D eigenvalue weighted by Gasteiger charge is 2.19. The molecule has 0 aliphatic heterocycles. The molecular formula is C62H42N2. The van der Waals surface area contributed by atoms with Gasteiger partial charge in [0, 0.05) is 33.5 Å². The lowest BCUT2D eigenvalue weighted by Crippen LogP contribution is -2.09. The average Bonchev–Trinajstić information content (AvgIpc) is 3.72. The van der Waals surface area contributed by atoms with Crippen molar-refractivity contribution >= 4 is 60.4 Å². The fraction of sp³-hybridized carbons (Fsp3) is 0. The monoisotopic (exact) mass is 814 g/mol. The second-order valence-electron chi connectivity index (χ2n) is 16.5. The van der Waals surface area contributed by atoms with Gasteiger partial charge in [0.1, 0.15) is 0 Å². The first-order chi connectivity index (χ1) is 31.7. The van der Waals surface area contributed by atoms with Gasteiger partial charge in [0.2, 0.25) is 0 Å². The van der Waals surface area contributed by atoms with Gasteiger partial charge in [-0.2, -0.15) is 0 Å². The van der Waals surface area contributed by atoms with Crippen molar-refractivity contribution in [3.63, 3.8) is 0 Å². The van der Waals surface area contributed by atoms with Crippen LogP contribution in [0.15, 0.2) is 255 Å². The number of benzene rings is 11. The molecule has 300 valence electrons. The molecule has 2 heteroatoms. The van der Waals surface area contributed by atoms with Crippen molar-refractivity contribution in [1.82, 2.24) is 4.57 Å². The van der Waals surface area contributed by atoms with E-state index in [0.717, 1.165) is 28.3 Å². The van der Waals surface area contributed by atoms with Gasteiger partial charge in [-0.1, -0.05) is 194 Å². The maximum Gasteiger partial charge on any atom is 0.0547 e. The average molecular weight is 815 g/mol. The zero-order chi connectivity index (χ0) is 42.4. The Morgan fingerprint density at radius 2 is 0.750 bits per heavy atom. The minimum absolute atomic E-state index is 1.09. The highest BCUT2D eigenvalue weighted by molar-refractivity contribution is 6.25. The van der Waals surface area contributed by atoms with E-state index in [1.165, 1.54) is 82.3 Å². The van der Waals surface area contributed by atoms with Crippen LogP contribution in [0, 0.1) is 0 Å². The van der Waals surface area contributed by atoms with Crippen molar-refractivity contribution in [3.8, 4) is 50.2 Å². The number of fused-ring (bicyclic) bond motifs is 6. The highest BCUT2D eigenvalue weighted by atomic mass is 15.1. The normalized spacial score (nSPS) is 11.4. The van der Waals surface area contributed by atoms with Gasteiger partial charge in [-0.15, -0.1) is 0 Å². The van der Waals surface area contributed by atoms with E-state index in [0.29, 0.717) is 0 Å². The highest BCUT2D eigenvalue weighted by Crippen LogP contribution is 2.42. The second kappa shape index (κ2) is 15.8. The molecule has 11 aromatic carbocycles. The van der Waals surface area contributed by atoms with Crippen LogP contribution in [-0.2, 0) is 0 Å². The molecule has 12 aromatic rings. The Balaban J connectivity index is 0.937. The topological polar surface area (TPSA) is 8.17 Å². The quantitative estimate of drug-likeness (QED) is 0.148. The van der Waals surface area contributed by atoms with E-state index in [1.54, 1.807) is 0 Å². The number of aromatic nitrogens is 1. The maximum absolute atomic E-state index is 2.44. The van der Waals surface area contributed by atoms with Crippen LogP contribution in [-0.4, -0.2) is 4.57 Å². The molecule has 12 rings (SSSR count). The number of nitrogens with zero attached hydrogens (tertiary/aromatic N) is 2. The van der Waals surface area contributed by atoms with Crippen LogP contribution in [0.1, 0.15) is 0 Å². The second-order valence-corrected chi connectivity index (χ2v) is 16.5. The minimum Gasteiger partial charge on any atom is -0.311 e. The van der Waals surface area contributed by atoms with Crippen LogP contribution < -0.4 is 4.90 Å². The molecule has 0 spiro atoms. The van der Waals surface area contributed by atoms with Crippen LogP contribution in [0.5, 0.6) is 0 Å². The lowest BCUT2D eigenvalue weighted by molar-refractivity contribution is 1.18. The zero-order valence-corrected chi connectivity index (χ0v) is 35.1. The van der Waals surface area contributed by atoms with E-state index in [-0.39, 0.29) is 0 Å². The van der Waals surface area contributed by atoms with Gasteiger partial charge in [-0.3, -0.25) is 0 Å². The van der Waals surface area contributed by atoms with Crippen molar-refractivity contribution in [2.45, 2.75) is 0 Å². The molecule has 1 aromatic heterocycles. The summed E-state index contributed by atoms with van der Waals surface area (Å²) in [7, 11) is 0. The summed E-state index contributed by atoms with van der Waals surface area (Å²) in [5.74, 6) is 0. The van der Waals surface area contributed by atoms with Gasteiger partial charge in [0.05, 0.1) is 11.0 Å². The van der Waals surface area contributed by atoms with E-state index in [1.807, 2.05) is 0 Å². The van der Waals surface area contributed by atoms with Crippen molar-refractivity contribution in [3.05, 3.63) is 255 Å². The van der Waals surface area contributed by atoms with Crippen molar-refractivity contribution < 1.29 is 0 Å². The standard InChI is InChI=1S/C62H42N2/c1-3-14-43(15-4-1)44-28-35-51(36-29-44)63(53-39-32-48(33-40-53)56-25-12-19-46-18-7-8-23-55(46)56)52-37-30-45(31-38-52)50-21-11-22-54(42-50)64-59-27-10-9-24-58(59)62-60(64)41-34-49-20-13-26-57(61(49)62)47-16-5-2-6-17-47/h1-42H. The Morgan fingerprint density at radius 3 is 1.45 bits per heavy atom. The van der Waals surface area contributed by atoms with E-state index in [2.05, 4.69) is 264 Å². The van der Waals surface area contributed by atoms with E-state index < -0.39 is 0 Å². The number of hydrogen-bond acceptors (Lipinski definition) is 1. The summed E-state index contributed by atoms with van der Waals surface area (Å²) in [6, 6.07) is 92.5. The number of para-hydroxylation sites is 1. The molecule has 2 nitrogen and oxygen atoms in total. The van der Waals surface area contributed by atoms with Gasteiger partial charge < -0.3 is 9.47 Å². The van der Waals surface area contributed by atoms with E-state index in [9.17, 15) is 0 Å². The number of rotatable bonds is 8. The molecule has 0 bridgehead atoms. The fourth-order valence-electron chi connectivity index (χ4n) is 9.75. The van der Waals surface area contributed by atoms with Gasteiger partial charge in [0.25, 0.3) is 0 Å². The molecule has 0 unspecified atom stereocenters. The van der Waals surface area contributed by atoms with Crippen LogP contribution in [0.25, 0.3) is 93.5 Å². The summed E-state index contributed by atoms with van der Waals surface area (Å²) >= 11 is 0. The van der Waals surface area contributed by atoms with Crippen LogP contribution in [0.2, 0.25) is 0 Å². The van der Waals surface area contributed by atoms with Crippen molar-refractivity contribution in [1.29, 1.82) is 0 Å². The summed E-state index contributed by atoms with van der Waals surface area (Å²) in [6.45, 7) is 0. The Hall–Kier alpha value is -8.46. The lowest BCUT2D eigenvalue weighted by Gasteiger charge is -2.26. The van der Waals surface area contributed by atoms with Crippen LogP contribution in [0.3, 0.4) is 0 Å². The first-order valence-corrected chi connectivity index (χ1v) is 22.0. The Bertz CT molecular complexity index is 3620. The molecule has 0 aliphatic rings. The summed E-state index contributed by atoms with van der Waals surface area (Å²) in [5.41, 5.74) is 16.5. The first kappa shape index (κ1) is 37.3. The lowest BCUT2D eigenvalue weighted by atomic mass is 9.94. The Kier molecular flexibility index (Phi) is 9.20. The number of anilines is 3. The smallest absolute Gasteiger partial charge is 0.0547 e. The molecule has 0 saturated heterocycles. The van der Waals surface area contributed by atoms with Gasteiger partial charge in [-0.05, 0) is 127 Å². The summed E-state index contributed by atoms with van der Waals surface area (Å²) in [5, 5.41) is 7.57. The molecule has 0 atom stereocenters. The van der Waals surface area contributed by atoms with E-state index in [4.69, 9.17) is 0 Å². The largest absolute Gasteiger partial charge is 0.311 e. The van der Waals surface area contributed by atoms with Gasteiger partial charge in [-0.25, -0.2) is 0 Å². The van der Waals surface area contributed by atoms with Crippen molar-refractivity contribution in [2.75, 3.05) is 4.90 Å². The molecule has 0 N–H and O–H groups in total. The van der Waals surface area contributed by atoms with Crippen molar-refractivity contribution in [2.24, 2.45) is 0 Å². The number of hydrogen-bond donors (Lipinski definition) is 0. The molecule has 0 fully saturated rings. The summed E-state index contributed by atoms with van der Waals surface area (Å²) in [6.07, 6.45) is 0. The SMILES string of the molecule is c1ccc(-c2ccc(N(c3ccc(-c4cccc(-n5c6ccccc6c6c7c(-c8ccccc8)cccc7ccc65)c4)cc3)c3ccc(-c4cccc5ccccc45)cc3)cc2)cc1. The fourth-order valence-corrected chi connectivity index (χ4v) is 9.75. The molecular weight excluding hydrogens is 773 g/mol. The van der Waals surface area contributed by atoms with Crippen LogP contribution in [0.4, 0.5) is 17.1 Å².